The minimum Gasteiger partial charge on any atom is -0.508 e. The first-order valence-corrected chi connectivity index (χ1v) is 9.10. The van der Waals surface area contributed by atoms with Crippen LogP contribution in [0.4, 0.5) is 0 Å². The molecule has 1 unspecified atom stereocenters. The van der Waals surface area contributed by atoms with Gasteiger partial charge < -0.3 is 10.2 Å². The van der Waals surface area contributed by atoms with Crippen LogP contribution < -0.4 is 0 Å². The molecule has 4 rings (SSSR count). The normalized spacial score (nSPS) is 34.0. The standard InChI is InChI=1S/C20H29NO2/c1-4-20-9-10-21(13-19(23)7-8-19)17(18(20,2)3)11-14-5-6-15(22)12-16(14)20/h5-6,12,17,22-23H,4,7-11,13H2,1-3H3/t17?,20-/m1/s1. The Balaban J connectivity index is 1.79. The molecule has 1 saturated carbocycles. The van der Waals surface area contributed by atoms with E-state index in [0.717, 1.165) is 45.2 Å². The highest BCUT2D eigenvalue weighted by atomic mass is 16.3. The highest BCUT2D eigenvalue weighted by molar-refractivity contribution is 5.46. The van der Waals surface area contributed by atoms with E-state index < -0.39 is 5.60 Å². The lowest BCUT2D eigenvalue weighted by Crippen LogP contribution is -2.65. The third-order valence-electron chi connectivity index (χ3n) is 7.28. The number of phenolic OH excluding ortho intramolecular Hbond substituents is 1. The molecule has 0 spiro atoms. The molecule has 3 nitrogen and oxygen atoms in total. The van der Waals surface area contributed by atoms with Crippen LogP contribution in [0, 0.1) is 5.41 Å². The summed E-state index contributed by atoms with van der Waals surface area (Å²) >= 11 is 0. The van der Waals surface area contributed by atoms with Gasteiger partial charge in [-0.2, -0.15) is 0 Å². The molecule has 2 N–H and O–H groups in total. The number of phenols is 1. The number of aromatic hydroxyl groups is 1. The van der Waals surface area contributed by atoms with Crippen LogP contribution in [-0.2, 0) is 11.8 Å². The minimum absolute atomic E-state index is 0.132. The molecule has 0 radical (unpaired) electrons. The Labute approximate surface area is 139 Å². The van der Waals surface area contributed by atoms with Crippen LogP contribution in [0.3, 0.4) is 0 Å². The van der Waals surface area contributed by atoms with Gasteiger partial charge in [-0.1, -0.05) is 26.8 Å². The predicted molar refractivity (Wildman–Crippen MR) is 91.7 cm³/mol. The van der Waals surface area contributed by atoms with Crippen molar-refractivity contribution in [2.45, 2.75) is 69.9 Å². The second-order valence-corrected chi connectivity index (χ2v) is 8.66. The quantitative estimate of drug-likeness (QED) is 0.900. The molecule has 2 fully saturated rings. The SMILES string of the molecule is CC[C@@]12CCN(CC3(O)CC3)C(Cc3ccc(O)cc31)C2(C)C. The minimum atomic E-state index is -0.419. The van der Waals surface area contributed by atoms with Crippen molar-refractivity contribution in [1.29, 1.82) is 0 Å². The van der Waals surface area contributed by atoms with Crippen LogP contribution in [0.1, 0.15) is 57.6 Å². The zero-order valence-corrected chi connectivity index (χ0v) is 14.6. The van der Waals surface area contributed by atoms with Crippen molar-refractivity contribution < 1.29 is 10.2 Å². The maximum absolute atomic E-state index is 10.4. The van der Waals surface area contributed by atoms with E-state index >= 15 is 0 Å². The first-order valence-electron chi connectivity index (χ1n) is 9.10. The number of hydrogen-bond donors (Lipinski definition) is 2. The van der Waals surface area contributed by atoms with Crippen molar-refractivity contribution >= 4 is 0 Å². The van der Waals surface area contributed by atoms with Crippen LogP contribution in [0.25, 0.3) is 0 Å². The summed E-state index contributed by atoms with van der Waals surface area (Å²) in [5, 5.41) is 20.5. The van der Waals surface area contributed by atoms with Crippen molar-refractivity contribution in [1.82, 2.24) is 4.90 Å². The van der Waals surface area contributed by atoms with Crippen molar-refractivity contribution in [2.75, 3.05) is 13.1 Å². The van der Waals surface area contributed by atoms with Gasteiger partial charge in [-0.3, -0.25) is 4.90 Å². The highest BCUT2D eigenvalue weighted by Gasteiger charge is 2.58. The number of benzene rings is 1. The zero-order valence-electron chi connectivity index (χ0n) is 14.6. The summed E-state index contributed by atoms with van der Waals surface area (Å²) < 4.78 is 0. The smallest absolute Gasteiger partial charge is 0.115 e. The number of hydrogen-bond acceptors (Lipinski definition) is 3. The number of likely N-dealkylation sites (tertiary alicyclic amines) is 1. The van der Waals surface area contributed by atoms with Gasteiger partial charge in [-0.15, -0.1) is 0 Å². The summed E-state index contributed by atoms with van der Waals surface area (Å²) in [6, 6.07) is 6.43. The van der Waals surface area contributed by atoms with Crippen molar-refractivity contribution in [3.8, 4) is 5.75 Å². The van der Waals surface area contributed by atoms with E-state index in [1.165, 1.54) is 11.1 Å². The van der Waals surface area contributed by atoms with Gasteiger partial charge in [-0.25, -0.2) is 0 Å². The van der Waals surface area contributed by atoms with Gasteiger partial charge in [0.15, 0.2) is 0 Å². The Bertz CT molecular complexity index is 635. The molecule has 0 aromatic heterocycles. The number of nitrogens with zero attached hydrogens (tertiary/aromatic N) is 1. The van der Waals surface area contributed by atoms with Crippen molar-refractivity contribution in [2.24, 2.45) is 5.41 Å². The van der Waals surface area contributed by atoms with E-state index in [9.17, 15) is 10.2 Å². The summed E-state index contributed by atoms with van der Waals surface area (Å²) in [5.74, 6) is 0.389. The summed E-state index contributed by atoms with van der Waals surface area (Å²) in [5.41, 5.74) is 2.61. The average molecular weight is 315 g/mol. The Hall–Kier alpha value is -1.06. The van der Waals surface area contributed by atoms with Gasteiger partial charge in [0, 0.05) is 18.0 Å². The van der Waals surface area contributed by atoms with Gasteiger partial charge in [0.05, 0.1) is 5.60 Å². The largest absolute Gasteiger partial charge is 0.508 e. The van der Waals surface area contributed by atoms with Crippen LogP contribution >= 0.6 is 0 Å². The third kappa shape index (κ3) is 2.09. The lowest BCUT2D eigenvalue weighted by atomic mass is 9.49. The Morgan fingerprint density at radius 2 is 1.96 bits per heavy atom. The Kier molecular flexibility index (Phi) is 3.18. The van der Waals surface area contributed by atoms with Crippen LogP contribution in [0.2, 0.25) is 0 Å². The van der Waals surface area contributed by atoms with Gasteiger partial charge in [0.2, 0.25) is 0 Å². The molecule has 1 aromatic carbocycles. The average Bonchev–Trinajstić information content (AvgIpc) is 3.21. The molecule has 126 valence electrons. The molecular weight excluding hydrogens is 286 g/mol. The Morgan fingerprint density at radius 1 is 1.22 bits per heavy atom. The number of piperidine rings is 1. The number of rotatable bonds is 3. The topological polar surface area (TPSA) is 43.7 Å². The maximum Gasteiger partial charge on any atom is 0.115 e. The predicted octanol–water partition coefficient (Wildman–Crippen LogP) is 3.22. The summed E-state index contributed by atoms with van der Waals surface area (Å²) in [6.07, 6.45) is 5.16. The van der Waals surface area contributed by atoms with E-state index in [2.05, 4.69) is 31.7 Å². The zero-order chi connectivity index (χ0) is 16.5. The fraction of sp³-hybridized carbons (Fsp3) is 0.700. The molecule has 1 aromatic rings. The van der Waals surface area contributed by atoms with Crippen molar-refractivity contribution in [3.63, 3.8) is 0 Å². The molecule has 23 heavy (non-hydrogen) atoms. The van der Waals surface area contributed by atoms with Gasteiger partial charge >= 0.3 is 0 Å². The molecular formula is C20H29NO2. The molecule has 0 amide bonds. The molecule has 2 aliphatic carbocycles. The second kappa shape index (κ2) is 4.73. The molecule has 2 bridgehead atoms. The molecule has 3 heteroatoms. The molecule has 1 saturated heterocycles. The Morgan fingerprint density at radius 3 is 2.61 bits per heavy atom. The first-order chi connectivity index (χ1) is 10.8. The van der Waals surface area contributed by atoms with Gasteiger partial charge in [-0.05, 0) is 67.3 Å². The van der Waals surface area contributed by atoms with E-state index in [0.29, 0.717) is 11.8 Å². The van der Waals surface area contributed by atoms with E-state index in [4.69, 9.17) is 0 Å². The molecule has 1 aliphatic heterocycles. The van der Waals surface area contributed by atoms with E-state index in [1.807, 2.05) is 12.1 Å². The molecule has 2 atom stereocenters. The first kappa shape index (κ1) is 15.5. The number of fused-ring (bicyclic) bond motifs is 4. The number of aliphatic hydroxyl groups is 1. The highest BCUT2D eigenvalue weighted by Crippen LogP contribution is 2.58. The lowest BCUT2D eigenvalue weighted by molar-refractivity contribution is -0.0665. The van der Waals surface area contributed by atoms with Crippen molar-refractivity contribution in [3.05, 3.63) is 29.3 Å². The number of β-amino-alcohol motifs (C(OH)–C–C–N with tert-alkyl or cyclic N) is 1. The summed E-state index contributed by atoms with van der Waals surface area (Å²) in [4.78, 5) is 2.55. The van der Waals surface area contributed by atoms with E-state index in [1.54, 1.807) is 0 Å². The van der Waals surface area contributed by atoms with Crippen LogP contribution in [0.15, 0.2) is 18.2 Å². The fourth-order valence-corrected chi connectivity index (χ4v) is 5.54. The van der Waals surface area contributed by atoms with Gasteiger partial charge in [0.25, 0.3) is 0 Å². The summed E-state index contributed by atoms with van der Waals surface area (Å²) in [6.45, 7) is 8.98. The maximum atomic E-state index is 10.4. The van der Waals surface area contributed by atoms with Gasteiger partial charge in [0.1, 0.15) is 5.75 Å². The summed E-state index contributed by atoms with van der Waals surface area (Å²) in [7, 11) is 0. The monoisotopic (exact) mass is 315 g/mol. The lowest BCUT2D eigenvalue weighted by Gasteiger charge is -2.62. The van der Waals surface area contributed by atoms with E-state index in [-0.39, 0.29) is 10.8 Å². The van der Waals surface area contributed by atoms with Crippen LogP contribution in [-0.4, -0.2) is 39.8 Å². The molecule has 1 heterocycles. The second-order valence-electron chi connectivity index (χ2n) is 8.66. The molecule has 3 aliphatic rings. The van der Waals surface area contributed by atoms with Crippen LogP contribution in [0.5, 0.6) is 5.75 Å². The fourth-order valence-electron chi connectivity index (χ4n) is 5.54. The third-order valence-corrected chi connectivity index (χ3v) is 7.28.